The zero-order chi connectivity index (χ0) is 20.8. The van der Waals surface area contributed by atoms with E-state index in [1.54, 1.807) is 0 Å². The maximum Gasteiger partial charge on any atom is 0.192 e. The van der Waals surface area contributed by atoms with Gasteiger partial charge >= 0.3 is 0 Å². The summed E-state index contributed by atoms with van der Waals surface area (Å²) in [6.45, 7) is 12.8. The number of ether oxygens (including phenoxy) is 2. The number of rotatable bonds is 9. The van der Waals surface area contributed by atoms with Gasteiger partial charge in [0.2, 0.25) is 0 Å². The van der Waals surface area contributed by atoms with E-state index in [1.807, 2.05) is 30.3 Å². The normalized spacial score (nSPS) is 22.1. The molecule has 6 heteroatoms. The fourth-order valence-corrected chi connectivity index (χ4v) is 4.72. The van der Waals surface area contributed by atoms with Crippen LogP contribution in [0.1, 0.15) is 45.6 Å². The van der Waals surface area contributed by atoms with E-state index in [0.717, 1.165) is 18.4 Å². The third-order valence-corrected chi connectivity index (χ3v) is 11.0. The minimum absolute atomic E-state index is 0.00327. The van der Waals surface area contributed by atoms with Gasteiger partial charge in [-0.05, 0) is 36.5 Å². The molecule has 3 atom stereocenters. The number of Topliss-reactive ketones (excluding diaryl/α,β-unsaturated/α-hetero) is 1. The second-order valence-electron chi connectivity index (χ2n) is 9.11. The van der Waals surface area contributed by atoms with Crippen molar-refractivity contribution in [1.82, 2.24) is 0 Å². The first kappa shape index (κ1) is 23.7. The number of ketones is 1. The zero-order valence-corrected chi connectivity index (χ0v) is 20.5. The number of hydrogen-bond acceptors (Lipinski definition) is 4. The summed E-state index contributed by atoms with van der Waals surface area (Å²) in [5.74, 6) is 0.115. The third kappa shape index (κ3) is 7.06. The van der Waals surface area contributed by atoms with Crippen molar-refractivity contribution >= 4 is 30.0 Å². The van der Waals surface area contributed by atoms with Crippen molar-refractivity contribution in [1.29, 1.82) is 0 Å². The summed E-state index contributed by atoms with van der Waals surface area (Å²) in [7, 11) is -1.90. The van der Waals surface area contributed by atoms with Gasteiger partial charge in [0.15, 0.2) is 14.1 Å². The molecular formula is C22H35BrO4Si. The van der Waals surface area contributed by atoms with Crippen LogP contribution in [0.4, 0.5) is 0 Å². The van der Waals surface area contributed by atoms with Crippen LogP contribution in [0.5, 0.6) is 0 Å². The molecule has 1 heterocycles. The van der Waals surface area contributed by atoms with Crippen molar-refractivity contribution in [2.75, 3.05) is 13.2 Å². The number of carbonyl (C=O) groups excluding carboxylic acids is 1. The quantitative estimate of drug-likeness (QED) is 0.353. The topological polar surface area (TPSA) is 44.8 Å². The molecule has 0 bridgehead atoms. The molecule has 1 aromatic carbocycles. The summed E-state index contributed by atoms with van der Waals surface area (Å²) in [5, 5.41) is 0.141. The van der Waals surface area contributed by atoms with Gasteiger partial charge in [-0.15, -0.1) is 0 Å². The van der Waals surface area contributed by atoms with Crippen molar-refractivity contribution in [3.05, 3.63) is 35.9 Å². The van der Waals surface area contributed by atoms with Crippen LogP contribution in [0.15, 0.2) is 30.3 Å². The van der Waals surface area contributed by atoms with Crippen molar-refractivity contribution in [3.8, 4) is 0 Å². The molecule has 0 N–H and O–H groups in total. The Labute approximate surface area is 179 Å². The lowest BCUT2D eigenvalue weighted by Gasteiger charge is -2.42. The predicted octanol–water partition coefficient (Wildman–Crippen LogP) is 5.50. The molecule has 158 valence electrons. The van der Waals surface area contributed by atoms with Crippen LogP contribution in [-0.4, -0.2) is 44.3 Å². The molecule has 0 spiro atoms. The van der Waals surface area contributed by atoms with Crippen molar-refractivity contribution in [2.24, 2.45) is 0 Å². The van der Waals surface area contributed by atoms with Crippen LogP contribution in [0.25, 0.3) is 0 Å². The van der Waals surface area contributed by atoms with Gasteiger partial charge in [-0.2, -0.15) is 0 Å². The molecule has 1 aromatic rings. The smallest absolute Gasteiger partial charge is 0.192 e. The first-order valence-corrected chi connectivity index (χ1v) is 14.0. The van der Waals surface area contributed by atoms with E-state index in [9.17, 15) is 4.79 Å². The Bertz CT molecular complexity index is 615. The molecule has 0 aromatic heterocycles. The van der Waals surface area contributed by atoms with Crippen LogP contribution in [0.3, 0.4) is 0 Å². The Balaban J connectivity index is 1.85. The van der Waals surface area contributed by atoms with Gasteiger partial charge in [0, 0.05) is 13.0 Å². The van der Waals surface area contributed by atoms with Gasteiger partial charge in [-0.1, -0.05) is 67.0 Å². The molecule has 0 saturated carbocycles. The summed E-state index contributed by atoms with van der Waals surface area (Å²) in [6, 6.07) is 9.98. The standard InChI is InChI=1S/C22H35BrO4Si/c1-22(2,3)28(4,5)27-20-12-9-13-26-21(20)14-19(24)18(23)16-25-15-17-10-7-6-8-11-17/h6-8,10-11,18,20-21H,9,12-16H2,1-5H3/t18-,20-,21+/m0/s1. The van der Waals surface area contributed by atoms with Gasteiger partial charge in [-0.25, -0.2) is 0 Å². The maximum absolute atomic E-state index is 12.7. The first-order valence-electron chi connectivity index (χ1n) is 10.2. The molecule has 1 aliphatic heterocycles. The molecule has 28 heavy (non-hydrogen) atoms. The highest BCUT2D eigenvalue weighted by molar-refractivity contribution is 9.10. The second kappa shape index (κ2) is 10.5. The van der Waals surface area contributed by atoms with Gasteiger partial charge in [0.1, 0.15) is 0 Å². The molecule has 1 fully saturated rings. The molecule has 1 saturated heterocycles. The fourth-order valence-electron chi connectivity index (χ4n) is 2.97. The highest BCUT2D eigenvalue weighted by atomic mass is 79.9. The van der Waals surface area contributed by atoms with Gasteiger partial charge in [0.25, 0.3) is 0 Å². The molecule has 1 aliphatic rings. The minimum Gasteiger partial charge on any atom is -0.411 e. The van der Waals surface area contributed by atoms with Gasteiger partial charge in [0.05, 0.1) is 30.2 Å². The second-order valence-corrected chi connectivity index (χ2v) is 15.0. The van der Waals surface area contributed by atoms with Gasteiger partial charge in [-0.3, -0.25) is 4.79 Å². The van der Waals surface area contributed by atoms with Gasteiger partial charge < -0.3 is 13.9 Å². The number of halogens is 1. The van der Waals surface area contributed by atoms with Crippen LogP contribution in [0, 0.1) is 0 Å². The molecule has 4 nitrogen and oxygen atoms in total. The number of hydrogen-bond donors (Lipinski definition) is 0. The SMILES string of the molecule is CC(C)(C)[Si](C)(C)O[C@H]1CCCO[C@@H]1CC(=O)[C@@H](Br)COCc1ccccc1. The van der Waals surface area contributed by atoms with E-state index in [-0.39, 0.29) is 27.9 Å². The van der Waals surface area contributed by atoms with Crippen LogP contribution in [-0.2, 0) is 25.3 Å². The summed E-state index contributed by atoms with van der Waals surface area (Å²) in [6.07, 6.45) is 2.15. The van der Waals surface area contributed by atoms with Crippen LogP contribution < -0.4 is 0 Å². The summed E-state index contributed by atoms with van der Waals surface area (Å²) in [4.78, 5) is 12.4. The third-order valence-electron chi connectivity index (χ3n) is 5.76. The average molecular weight is 472 g/mol. The number of alkyl halides is 1. The Morgan fingerprint density at radius 3 is 2.61 bits per heavy atom. The van der Waals surface area contributed by atoms with E-state index < -0.39 is 8.32 Å². The van der Waals surface area contributed by atoms with E-state index in [0.29, 0.717) is 26.2 Å². The molecule has 0 amide bonds. The lowest BCUT2D eigenvalue weighted by atomic mass is 10.00. The fraction of sp³-hybridized carbons (Fsp3) is 0.682. The van der Waals surface area contributed by atoms with Crippen LogP contribution in [0.2, 0.25) is 18.1 Å². The number of benzene rings is 1. The Morgan fingerprint density at radius 1 is 1.29 bits per heavy atom. The molecule has 0 aliphatic carbocycles. The Kier molecular flexibility index (Phi) is 8.89. The first-order chi connectivity index (χ1) is 13.1. The molecule has 2 rings (SSSR count). The average Bonchev–Trinajstić information content (AvgIpc) is 2.63. The Morgan fingerprint density at radius 2 is 1.96 bits per heavy atom. The van der Waals surface area contributed by atoms with Crippen molar-refractivity contribution < 1.29 is 18.7 Å². The Hall–Kier alpha value is -0.533. The van der Waals surface area contributed by atoms with E-state index in [4.69, 9.17) is 13.9 Å². The summed E-state index contributed by atoms with van der Waals surface area (Å²) >= 11 is 3.49. The van der Waals surface area contributed by atoms with Crippen LogP contribution >= 0.6 is 15.9 Å². The minimum atomic E-state index is -1.90. The van der Waals surface area contributed by atoms with E-state index in [2.05, 4.69) is 49.8 Å². The highest BCUT2D eigenvalue weighted by Gasteiger charge is 2.42. The van der Waals surface area contributed by atoms with E-state index >= 15 is 0 Å². The van der Waals surface area contributed by atoms with Crippen molar-refractivity contribution in [2.45, 2.75) is 81.8 Å². The molecule has 0 unspecified atom stereocenters. The highest BCUT2D eigenvalue weighted by Crippen LogP contribution is 2.39. The maximum atomic E-state index is 12.7. The zero-order valence-electron chi connectivity index (χ0n) is 17.9. The molecule has 0 radical (unpaired) electrons. The largest absolute Gasteiger partial charge is 0.411 e. The lowest BCUT2D eigenvalue weighted by Crippen LogP contribution is -2.49. The number of carbonyl (C=O) groups is 1. The monoisotopic (exact) mass is 470 g/mol. The summed E-state index contributed by atoms with van der Waals surface area (Å²) in [5.41, 5.74) is 1.10. The molecular weight excluding hydrogens is 436 g/mol. The summed E-state index contributed by atoms with van der Waals surface area (Å²) < 4.78 is 18.3. The lowest BCUT2D eigenvalue weighted by molar-refractivity contribution is -0.128. The van der Waals surface area contributed by atoms with Crippen molar-refractivity contribution in [3.63, 3.8) is 0 Å². The van der Waals surface area contributed by atoms with E-state index in [1.165, 1.54) is 0 Å². The predicted molar refractivity (Wildman–Crippen MR) is 119 cm³/mol.